The molecule has 0 atom stereocenters. The lowest BCUT2D eigenvalue weighted by molar-refractivity contribution is -0.120. The molecule has 1 aliphatic carbocycles. The highest BCUT2D eigenvalue weighted by atomic mass is 32.2. The van der Waals surface area contributed by atoms with Crippen LogP contribution >= 0.6 is 0 Å². The van der Waals surface area contributed by atoms with E-state index >= 15 is 0 Å². The molecule has 1 fully saturated rings. The van der Waals surface area contributed by atoms with E-state index in [1.807, 2.05) is 0 Å². The molecule has 144 valence electrons. The van der Waals surface area contributed by atoms with Gasteiger partial charge in [-0.1, -0.05) is 12.1 Å². The molecular formula is C19H28N2O4S. The van der Waals surface area contributed by atoms with Crippen molar-refractivity contribution in [2.75, 3.05) is 5.32 Å². The van der Waals surface area contributed by atoms with Crippen LogP contribution in [0.15, 0.2) is 24.3 Å². The molecule has 0 heterocycles. The molecule has 0 aliphatic heterocycles. The fourth-order valence-corrected chi connectivity index (χ4v) is 3.96. The fourth-order valence-electron chi connectivity index (χ4n) is 2.93. The summed E-state index contributed by atoms with van der Waals surface area (Å²) in [5, 5.41) is 2.86. The van der Waals surface area contributed by atoms with Gasteiger partial charge in [0.05, 0.1) is 4.75 Å². The molecule has 1 aliphatic rings. The first-order chi connectivity index (χ1) is 12.0. The van der Waals surface area contributed by atoms with Gasteiger partial charge in [0.1, 0.15) is 0 Å². The van der Waals surface area contributed by atoms with Crippen LogP contribution < -0.4 is 10.0 Å². The molecule has 1 saturated carbocycles. The number of nitrogens with one attached hydrogen (secondary N) is 2. The average molecular weight is 381 g/mol. The minimum atomic E-state index is -3.38. The van der Waals surface area contributed by atoms with Crippen molar-refractivity contribution in [3.8, 4) is 0 Å². The summed E-state index contributed by atoms with van der Waals surface area (Å²) >= 11 is 0. The first-order valence-electron chi connectivity index (χ1n) is 8.93. The van der Waals surface area contributed by atoms with Crippen molar-refractivity contribution in [1.29, 1.82) is 0 Å². The number of hydrogen-bond acceptors (Lipinski definition) is 4. The van der Waals surface area contributed by atoms with Gasteiger partial charge in [-0.25, -0.2) is 13.1 Å². The van der Waals surface area contributed by atoms with Gasteiger partial charge in [-0.2, -0.15) is 0 Å². The second-order valence-electron chi connectivity index (χ2n) is 7.91. The Kier molecular flexibility index (Phi) is 6.24. The minimum Gasteiger partial charge on any atom is -0.326 e. The Bertz CT molecular complexity index is 773. The van der Waals surface area contributed by atoms with Gasteiger partial charge >= 0.3 is 0 Å². The number of carbonyl (C=O) groups is 2. The highest BCUT2D eigenvalue weighted by molar-refractivity contribution is 7.90. The third-order valence-corrected chi connectivity index (χ3v) is 7.02. The van der Waals surface area contributed by atoms with Gasteiger partial charge in [0.25, 0.3) is 0 Å². The van der Waals surface area contributed by atoms with Crippen LogP contribution in [0.2, 0.25) is 0 Å². The first-order valence-corrected chi connectivity index (χ1v) is 10.4. The second kappa shape index (κ2) is 7.88. The number of anilines is 1. The predicted molar refractivity (Wildman–Crippen MR) is 103 cm³/mol. The Morgan fingerprint density at radius 1 is 1.08 bits per heavy atom. The SMILES string of the molecule is CC(=O)c1cccc(NC(=O)[C@H]2CC[C@H](NS(=O)(=O)C(C)(C)C)CC2)c1. The Hall–Kier alpha value is -1.73. The van der Waals surface area contributed by atoms with E-state index in [2.05, 4.69) is 10.0 Å². The largest absolute Gasteiger partial charge is 0.326 e. The number of Topliss-reactive ketones (excluding diaryl/α,β-unsaturated/α-hetero) is 1. The maximum absolute atomic E-state index is 12.5. The third kappa shape index (κ3) is 5.14. The second-order valence-corrected chi connectivity index (χ2v) is 10.4. The van der Waals surface area contributed by atoms with Crippen LogP contribution in [-0.4, -0.2) is 30.9 Å². The molecule has 0 bridgehead atoms. The number of benzene rings is 1. The van der Waals surface area contributed by atoms with Crippen LogP contribution in [0.3, 0.4) is 0 Å². The van der Waals surface area contributed by atoms with Crippen molar-refractivity contribution in [1.82, 2.24) is 4.72 Å². The van der Waals surface area contributed by atoms with E-state index in [4.69, 9.17) is 0 Å². The van der Waals surface area contributed by atoms with E-state index < -0.39 is 14.8 Å². The molecule has 0 radical (unpaired) electrons. The van der Waals surface area contributed by atoms with Gasteiger partial charge in [-0.3, -0.25) is 9.59 Å². The lowest BCUT2D eigenvalue weighted by atomic mass is 9.86. The van der Waals surface area contributed by atoms with Gasteiger partial charge in [-0.05, 0) is 65.5 Å². The van der Waals surface area contributed by atoms with Crippen LogP contribution in [0.1, 0.15) is 63.7 Å². The van der Waals surface area contributed by atoms with Crippen LogP contribution in [-0.2, 0) is 14.8 Å². The van der Waals surface area contributed by atoms with Crippen molar-refractivity contribution in [3.05, 3.63) is 29.8 Å². The standard InChI is InChI=1S/C19H28N2O4S/c1-13(22)15-6-5-7-17(12-15)20-18(23)14-8-10-16(11-9-14)21-26(24,25)19(2,3)4/h5-7,12,14,16,21H,8-11H2,1-4H3,(H,20,23)/t14-,16-. The Labute approximate surface area is 155 Å². The Balaban J connectivity index is 1.91. The summed E-state index contributed by atoms with van der Waals surface area (Å²) in [5.74, 6) is -0.276. The highest BCUT2D eigenvalue weighted by Gasteiger charge is 2.34. The van der Waals surface area contributed by atoms with E-state index in [0.29, 0.717) is 36.9 Å². The molecule has 0 aromatic heterocycles. The zero-order chi connectivity index (χ0) is 19.5. The molecule has 0 unspecified atom stereocenters. The van der Waals surface area contributed by atoms with Gasteiger partial charge in [0.15, 0.2) is 5.78 Å². The lowest BCUT2D eigenvalue weighted by Crippen LogP contribution is -2.46. The predicted octanol–water partition coefficient (Wildman–Crippen LogP) is 3.10. The molecule has 0 spiro atoms. The quantitative estimate of drug-likeness (QED) is 0.768. The van der Waals surface area contributed by atoms with Crippen LogP contribution in [0.4, 0.5) is 5.69 Å². The first kappa shape index (κ1) is 20.6. The number of amides is 1. The zero-order valence-corrected chi connectivity index (χ0v) is 16.7. The summed E-state index contributed by atoms with van der Waals surface area (Å²) in [4.78, 5) is 23.9. The topological polar surface area (TPSA) is 92.3 Å². The van der Waals surface area contributed by atoms with Gasteiger partial charge in [0.2, 0.25) is 15.9 Å². The summed E-state index contributed by atoms with van der Waals surface area (Å²) in [5.41, 5.74) is 1.17. The molecule has 7 heteroatoms. The van der Waals surface area contributed by atoms with Gasteiger partial charge < -0.3 is 5.32 Å². The van der Waals surface area contributed by atoms with Crippen LogP contribution in [0, 0.1) is 5.92 Å². The van der Waals surface area contributed by atoms with E-state index in [0.717, 1.165) is 0 Å². The number of hydrogen-bond donors (Lipinski definition) is 2. The molecule has 2 N–H and O–H groups in total. The van der Waals surface area contributed by atoms with Gasteiger partial charge in [-0.15, -0.1) is 0 Å². The van der Waals surface area contributed by atoms with E-state index in [9.17, 15) is 18.0 Å². The molecular weight excluding hydrogens is 352 g/mol. The number of carbonyl (C=O) groups excluding carboxylic acids is 2. The van der Waals surface area contributed by atoms with E-state index in [-0.39, 0.29) is 23.7 Å². The maximum Gasteiger partial charge on any atom is 0.227 e. The Morgan fingerprint density at radius 3 is 2.23 bits per heavy atom. The molecule has 26 heavy (non-hydrogen) atoms. The summed E-state index contributed by atoms with van der Waals surface area (Å²) in [7, 11) is -3.38. The van der Waals surface area contributed by atoms with Crippen molar-refractivity contribution >= 4 is 27.4 Å². The monoisotopic (exact) mass is 380 g/mol. The Morgan fingerprint density at radius 2 is 1.69 bits per heavy atom. The summed E-state index contributed by atoms with van der Waals surface area (Å²) < 4.78 is 26.4. The lowest BCUT2D eigenvalue weighted by Gasteiger charge is -2.30. The molecule has 2 rings (SSSR count). The molecule has 6 nitrogen and oxygen atoms in total. The normalized spacial score (nSPS) is 21.2. The maximum atomic E-state index is 12.5. The van der Waals surface area contributed by atoms with Crippen molar-refractivity contribution in [3.63, 3.8) is 0 Å². The van der Waals surface area contributed by atoms with Crippen LogP contribution in [0.25, 0.3) is 0 Å². The summed E-state index contributed by atoms with van der Waals surface area (Å²) in [6.45, 7) is 6.50. The van der Waals surface area contributed by atoms with Crippen molar-refractivity contribution < 1.29 is 18.0 Å². The molecule has 1 aromatic carbocycles. The van der Waals surface area contributed by atoms with Crippen LogP contribution in [0.5, 0.6) is 0 Å². The zero-order valence-electron chi connectivity index (χ0n) is 15.8. The average Bonchev–Trinajstić information content (AvgIpc) is 2.54. The van der Waals surface area contributed by atoms with E-state index in [1.165, 1.54) is 6.92 Å². The number of sulfonamides is 1. The van der Waals surface area contributed by atoms with Gasteiger partial charge in [0, 0.05) is 23.2 Å². The third-order valence-electron chi connectivity index (χ3n) is 4.76. The molecule has 1 aromatic rings. The summed E-state index contributed by atoms with van der Waals surface area (Å²) in [6, 6.07) is 6.76. The summed E-state index contributed by atoms with van der Waals surface area (Å²) in [6.07, 6.45) is 2.55. The van der Waals surface area contributed by atoms with Crippen molar-refractivity contribution in [2.45, 2.75) is 64.2 Å². The highest BCUT2D eigenvalue weighted by Crippen LogP contribution is 2.27. The molecule has 1 amide bonds. The minimum absolute atomic E-state index is 0.0484. The number of rotatable bonds is 5. The molecule has 0 saturated heterocycles. The number of ketones is 1. The fraction of sp³-hybridized carbons (Fsp3) is 0.579. The van der Waals surface area contributed by atoms with E-state index in [1.54, 1.807) is 45.0 Å². The van der Waals surface area contributed by atoms with Crippen molar-refractivity contribution in [2.24, 2.45) is 5.92 Å². The smallest absolute Gasteiger partial charge is 0.227 e.